The van der Waals surface area contributed by atoms with Gasteiger partial charge in [0.2, 0.25) is 0 Å². The lowest BCUT2D eigenvalue weighted by Gasteiger charge is -2.14. The van der Waals surface area contributed by atoms with Crippen LogP contribution >= 0.6 is 0 Å². The molecular formula is C46H52. The minimum atomic E-state index is 0.614. The van der Waals surface area contributed by atoms with Crippen LogP contribution in [0.5, 0.6) is 0 Å². The van der Waals surface area contributed by atoms with E-state index in [2.05, 4.69) is 169 Å². The molecule has 0 aliphatic heterocycles. The van der Waals surface area contributed by atoms with Gasteiger partial charge in [0.25, 0.3) is 0 Å². The van der Waals surface area contributed by atoms with Crippen molar-refractivity contribution < 1.29 is 0 Å². The fourth-order valence-corrected chi connectivity index (χ4v) is 5.68. The van der Waals surface area contributed by atoms with Gasteiger partial charge in [0, 0.05) is 0 Å². The molecule has 0 heterocycles. The predicted molar refractivity (Wildman–Crippen MR) is 210 cm³/mol. The molecule has 0 fully saturated rings. The second-order valence-electron chi connectivity index (χ2n) is 11.6. The number of allylic oxidation sites excluding steroid dienone is 3. The van der Waals surface area contributed by atoms with E-state index in [0.717, 1.165) is 5.57 Å². The maximum Gasteiger partial charge on any atom is -0.00268 e. The fraction of sp³-hybridized carbons (Fsp3) is 0.217. The van der Waals surface area contributed by atoms with Crippen LogP contribution in [0.3, 0.4) is 0 Å². The lowest BCUT2D eigenvalue weighted by atomic mass is 9.90. The molecule has 0 N–H and O–H groups in total. The molecule has 0 amide bonds. The molecule has 6 aromatic rings. The molecule has 0 aromatic heterocycles. The standard InChI is InChI=1S/C24H22.C15H16.C5H8.C2H6/c1-3-17(2)18-12-14-19(15-13-18)24-22-10-6-4-8-20(22)16-21-9-5-7-11-23(21)24;1-4-7-13-11(2)10-12(3)14-8-5-6-9-15(13)14;1-4-5(2)3;1-2/h4-17H,3H2,1-2H3;4-10H,1-3H3;4H,1-2H2,3H3;1-2H3/b;7-4-;;. The van der Waals surface area contributed by atoms with Gasteiger partial charge >= 0.3 is 0 Å². The van der Waals surface area contributed by atoms with Gasteiger partial charge in [-0.05, 0) is 112 Å². The molecule has 1 atom stereocenters. The Labute approximate surface area is 278 Å². The topological polar surface area (TPSA) is 0 Å². The summed E-state index contributed by atoms with van der Waals surface area (Å²) in [6.07, 6.45) is 7.19. The molecule has 236 valence electrons. The molecule has 0 aliphatic rings. The molecule has 0 heteroatoms. The first-order valence-corrected chi connectivity index (χ1v) is 16.7. The quantitative estimate of drug-likeness (QED) is 0.136. The fourth-order valence-electron chi connectivity index (χ4n) is 5.68. The number of hydrogen-bond donors (Lipinski definition) is 0. The first-order chi connectivity index (χ1) is 22.3. The molecule has 1 unspecified atom stereocenters. The highest BCUT2D eigenvalue weighted by atomic mass is 14.1. The van der Waals surface area contributed by atoms with E-state index in [1.807, 2.05) is 20.8 Å². The van der Waals surface area contributed by atoms with Gasteiger partial charge in [-0.3, -0.25) is 0 Å². The summed E-state index contributed by atoms with van der Waals surface area (Å²) in [4.78, 5) is 0. The highest BCUT2D eigenvalue weighted by Gasteiger charge is 2.10. The minimum Gasteiger partial charge on any atom is -0.0988 e. The van der Waals surface area contributed by atoms with E-state index >= 15 is 0 Å². The number of rotatable bonds is 5. The van der Waals surface area contributed by atoms with Crippen molar-refractivity contribution in [3.05, 3.63) is 162 Å². The lowest BCUT2D eigenvalue weighted by molar-refractivity contribution is 0.734. The van der Waals surface area contributed by atoms with Gasteiger partial charge in [-0.1, -0.05) is 168 Å². The molecule has 0 bridgehead atoms. The third-order valence-electron chi connectivity index (χ3n) is 8.33. The first-order valence-electron chi connectivity index (χ1n) is 16.7. The smallest absolute Gasteiger partial charge is 0.00268 e. The zero-order valence-electron chi connectivity index (χ0n) is 29.3. The maximum atomic E-state index is 3.56. The van der Waals surface area contributed by atoms with Crippen molar-refractivity contribution in [2.75, 3.05) is 0 Å². The summed E-state index contributed by atoms with van der Waals surface area (Å²) >= 11 is 0. The number of benzene rings is 6. The van der Waals surface area contributed by atoms with Gasteiger partial charge in [0.1, 0.15) is 0 Å². The average molecular weight is 605 g/mol. The van der Waals surface area contributed by atoms with Gasteiger partial charge in [-0.25, -0.2) is 0 Å². The molecule has 0 aliphatic carbocycles. The van der Waals surface area contributed by atoms with E-state index < -0.39 is 0 Å². The average Bonchev–Trinajstić information content (AvgIpc) is 3.10. The molecule has 0 nitrogen and oxygen atoms in total. The van der Waals surface area contributed by atoms with Crippen molar-refractivity contribution in [3.63, 3.8) is 0 Å². The number of hydrogen-bond acceptors (Lipinski definition) is 0. The van der Waals surface area contributed by atoms with E-state index in [4.69, 9.17) is 0 Å². The summed E-state index contributed by atoms with van der Waals surface area (Å²) in [6, 6.07) is 39.7. The monoisotopic (exact) mass is 604 g/mol. The second kappa shape index (κ2) is 17.7. The SMILES string of the molecule is C/C=C\c1c(C)cc(C)c2ccccc12.C=CC(=C)C.CC.CCC(C)c1ccc(-c2c3ccccc3cc3ccccc23)cc1. The van der Waals surface area contributed by atoms with Crippen LogP contribution in [-0.4, -0.2) is 0 Å². The molecular weight excluding hydrogens is 553 g/mol. The minimum absolute atomic E-state index is 0.614. The van der Waals surface area contributed by atoms with E-state index in [9.17, 15) is 0 Å². The van der Waals surface area contributed by atoms with E-state index in [-0.39, 0.29) is 0 Å². The molecule has 0 spiro atoms. The predicted octanol–water partition coefficient (Wildman–Crippen LogP) is 14.4. The Kier molecular flexibility index (Phi) is 13.8. The zero-order valence-corrected chi connectivity index (χ0v) is 29.3. The van der Waals surface area contributed by atoms with Crippen LogP contribution in [0.2, 0.25) is 0 Å². The van der Waals surface area contributed by atoms with Crippen molar-refractivity contribution in [1.82, 2.24) is 0 Å². The van der Waals surface area contributed by atoms with Crippen molar-refractivity contribution in [2.24, 2.45) is 0 Å². The van der Waals surface area contributed by atoms with Crippen molar-refractivity contribution >= 4 is 38.4 Å². The normalized spacial score (nSPS) is 11.1. The molecule has 0 saturated carbocycles. The molecule has 6 rings (SSSR count). The summed E-state index contributed by atoms with van der Waals surface area (Å²) in [5.41, 5.74) is 9.14. The second-order valence-corrected chi connectivity index (χ2v) is 11.6. The summed E-state index contributed by atoms with van der Waals surface area (Å²) < 4.78 is 0. The lowest BCUT2D eigenvalue weighted by Crippen LogP contribution is -1.91. The Morgan fingerprint density at radius 1 is 0.696 bits per heavy atom. The summed E-state index contributed by atoms with van der Waals surface area (Å²) in [5, 5.41) is 7.97. The maximum absolute atomic E-state index is 3.56. The van der Waals surface area contributed by atoms with Crippen molar-refractivity contribution in [1.29, 1.82) is 0 Å². The zero-order chi connectivity index (χ0) is 33.6. The Morgan fingerprint density at radius 2 is 1.17 bits per heavy atom. The Bertz CT molecular complexity index is 1860. The van der Waals surface area contributed by atoms with Gasteiger partial charge < -0.3 is 0 Å². The molecule has 0 radical (unpaired) electrons. The van der Waals surface area contributed by atoms with Crippen LogP contribution in [0.25, 0.3) is 49.5 Å². The van der Waals surface area contributed by atoms with Gasteiger partial charge in [-0.2, -0.15) is 0 Å². The number of aryl methyl sites for hydroxylation is 2. The Morgan fingerprint density at radius 3 is 1.65 bits per heavy atom. The summed E-state index contributed by atoms with van der Waals surface area (Å²) in [5.74, 6) is 0.614. The van der Waals surface area contributed by atoms with Crippen molar-refractivity contribution in [3.8, 4) is 11.1 Å². The highest BCUT2D eigenvalue weighted by Crippen LogP contribution is 2.37. The molecule has 0 saturated heterocycles. The molecule has 46 heavy (non-hydrogen) atoms. The largest absolute Gasteiger partial charge is 0.0988 e. The van der Waals surface area contributed by atoms with E-state index in [1.54, 1.807) is 6.08 Å². The van der Waals surface area contributed by atoms with Gasteiger partial charge in [0.05, 0.1) is 0 Å². The number of fused-ring (bicyclic) bond motifs is 3. The third kappa shape index (κ3) is 8.73. The molecule has 6 aromatic carbocycles. The van der Waals surface area contributed by atoms with Crippen LogP contribution in [0.4, 0.5) is 0 Å². The van der Waals surface area contributed by atoms with Crippen LogP contribution < -0.4 is 0 Å². The summed E-state index contributed by atoms with van der Waals surface area (Å²) in [7, 11) is 0. The summed E-state index contributed by atoms with van der Waals surface area (Å²) in [6.45, 7) is 23.9. The van der Waals surface area contributed by atoms with Crippen LogP contribution in [0.1, 0.15) is 76.1 Å². The van der Waals surface area contributed by atoms with Crippen molar-refractivity contribution in [2.45, 2.75) is 67.7 Å². The van der Waals surface area contributed by atoms with Gasteiger partial charge in [-0.15, -0.1) is 0 Å². The van der Waals surface area contributed by atoms with Crippen LogP contribution in [0.15, 0.2) is 140 Å². The third-order valence-corrected chi connectivity index (χ3v) is 8.33. The van der Waals surface area contributed by atoms with Crippen LogP contribution in [0, 0.1) is 13.8 Å². The van der Waals surface area contributed by atoms with Gasteiger partial charge in [0.15, 0.2) is 0 Å². The van der Waals surface area contributed by atoms with E-state index in [1.165, 1.54) is 72.1 Å². The van der Waals surface area contributed by atoms with Crippen LogP contribution in [-0.2, 0) is 0 Å². The Balaban J connectivity index is 0.000000224. The first kappa shape index (κ1) is 35.8. The highest BCUT2D eigenvalue weighted by molar-refractivity contribution is 6.12. The Hall–Kier alpha value is -4.68. The van der Waals surface area contributed by atoms with E-state index in [0.29, 0.717) is 5.92 Å².